The van der Waals surface area contributed by atoms with Gasteiger partial charge < -0.3 is 19.3 Å². The van der Waals surface area contributed by atoms with Gasteiger partial charge in [0.1, 0.15) is 11.5 Å². The number of rotatable bonds is 2. The lowest BCUT2D eigenvalue weighted by molar-refractivity contribution is -0.261. The Morgan fingerprint density at radius 2 is 2.13 bits per heavy atom. The fraction of sp³-hybridized carbons (Fsp3) is 0.611. The van der Waals surface area contributed by atoms with E-state index in [1.807, 2.05) is 0 Å². The van der Waals surface area contributed by atoms with Crippen LogP contribution in [0.25, 0.3) is 0 Å². The second-order valence-electron chi connectivity index (χ2n) is 6.92. The molecule has 0 bridgehead atoms. The second-order valence-corrected chi connectivity index (χ2v) is 6.92. The predicted molar refractivity (Wildman–Crippen MR) is 84.7 cm³/mol. The number of benzene rings is 1. The molecular formula is C18H24O5. The van der Waals surface area contributed by atoms with Crippen molar-refractivity contribution in [1.82, 2.24) is 0 Å². The van der Waals surface area contributed by atoms with Gasteiger partial charge in [0, 0.05) is 17.4 Å². The van der Waals surface area contributed by atoms with Crippen molar-refractivity contribution in [3.63, 3.8) is 0 Å². The molecule has 1 aromatic rings. The van der Waals surface area contributed by atoms with E-state index in [1.54, 1.807) is 19.2 Å². The molecule has 1 aliphatic carbocycles. The van der Waals surface area contributed by atoms with Crippen molar-refractivity contribution in [2.75, 3.05) is 14.2 Å². The summed E-state index contributed by atoms with van der Waals surface area (Å²) < 4.78 is 16.3. The zero-order valence-electron chi connectivity index (χ0n) is 14.1. The van der Waals surface area contributed by atoms with Crippen LogP contribution in [0, 0.1) is 11.3 Å². The van der Waals surface area contributed by atoms with Gasteiger partial charge in [-0.1, -0.05) is 13.8 Å². The van der Waals surface area contributed by atoms with Gasteiger partial charge in [-0.15, -0.1) is 0 Å². The molecular weight excluding hydrogens is 296 g/mol. The Kier molecular flexibility index (Phi) is 3.79. The molecule has 2 aliphatic rings. The molecule has 0 radical (unpaired) electrons. The minimum absolute atomic E-state index is 0.333. The quantitative estimate of drug-likeness (QED) is 0.849. The molecule has 1 unspecified atom stereocenters. The number of ether oxygens (including phenoxy) is 3. The fourth-order valence-electron chi connectivity index (χ4n) is 3.97. The van der Waals surface area contributed by atoms with Crippen molar-refractivity contribution < 1.29 is 24.1 Å². The minimum Gasteiger partial charge on any atom is -0.496 e. The Labute approximate surface area is 136 Å². The molecule has 3 atom stereocenters. The highest BCUT2D eigenvalue weighted by molar-refractivity contribution is 5.90. The van der Waals surface area contributed by atoms with Crippen LogP contribution in [0.2, 0.25) is 0 Å². The van der Waals surface area contributed by atoms with Crippen molar-refractivity contribution in [2.24, 2.45) is 11.3 Å². The van der Waals surface area contributed by atoms with Crippen molar-refractivity contribution >= 4 is 5.97 Å². The van der Waals surface area contributed by atoms with E-state index in [2.05, 4.69) is 13.8 Å². The zero-order chi connectivity index (χ0) is 16.8. The summed E-state index contributed by atoms with van der Waals surface area (Å²) in [6.07, 6.45) is 3.25. The lowest BCUT2D eigenvalue weighted by Gasteiger charge is -2.54. The Hall–Kier alpha value is -1.75. The highest BCUT2D eigenvalue weighted by Gasteiger charge is 2.57. The van der Waals surface area contributed by atoms with Crippen molar-refractivity contribution in [3.8, 4) is 11.5 Å². The number of esters is 1. The van der Waals surface area contributed by atoms with Gasteiger partial charge in [-0.2, -0.15) is 0 Å². The van der Waals surface area contributed by atoms with Crippen LogP contribution in [0.1, 0.15) is 49.0 Å². The number of hydrogen-bond acceptors (Lipinski definition) is 5. The molecule has 1 aliphatic heterocycles. The highest BCUT2D eigenvalue weighted by atomic mass is 16.6. The molecule has 23 heavy (non-hydrogen) atoms. The van der Waals surface area contributed by atoms with Crippen LogP contribution < -0.4 is 9.47 Å². The maximum absolute atomic E-state index is 11.8. The molecule has 3 rings (SSSR count). The van der Waals surface area contributed by atoms with Gasteiger partial charge in [-0.05, 0) is 37.3 Å². The number of methoxy groups -OCH3 is 2. The Balaban J connectivity index is 2.12. The van der Waals surface area contributed by atoms with E-state index in [0.29, 0.717) is 35.8 Å². The third-order valence-corrected chi connectivity index (χ3v) is 5.76. The van der Waals surface area contributed by atoms with E-state index < -0.39 is 11.8 Å². The van der Waals surface area contributed by atoms with Crippen LogP contribution in [0.3, 0.4) is 0 Å². The highest BCUT2D eigenvalue weighted by Crippen LogP contribution is 2.56. The van der Waals surface area contributed by atoms with E-state index in [1.165, 1.54) is 7.11 Å². The molecule has 5 nitrogen and oxygen atoms in total. The molecule has 0 spiro atoms. The van der Waals surface area contributed by atoms with E-state index in [0.717, 1.165) is 18.4 Å². The molecule has 1 heterocycles. The molecule has 1 fully saturated rings. The molecule has 5 heteroatoms. The fourth-order valence-corrected chi connectivity index (χ4v) is 3.97. The van der Waals surface area contributed by atoms with Crippen LogP contribution >= 0.6 is 0 Å². The summed E-state index contributed by atoms with van der Waals surface area (Å²) in [6, 6.07) is 3.32. The average molecular weight is 320 g/mol. The number of carbonyl (C=O) groups is 1. The summed E-state index contributed by atoms with van der Waals surface area (Å²) >= 11 is 0. The van der Waals surface area contributed by atoms with Gasteiger partial charge in [0.2, 0.25) is 5.79 Å². The Bertz CT molecular complexity index is 641. The first-order valence-electron chi connectivity index (χ1n) is 8.05. The molecule has 126 valence electrons. The van der Waals surface area contributed by atoms with E-state index in [4.69, 9.17) is 14.2 Å². The molecule has 1 aromatic carbocycles. The van der Waals surface area contributed by atoms with E-state index in [9.17, 15) is 9.90 Å². The minimum atomic E-state index is -1.21. The molecule has 1 saturated carbocycles. The summed E-state index contributed by atoms with van der Waals surface area (Å²) in [5.74, 6) is -0.216. The molecule has 1 N–H and O–H groups in total. The number of carbonyl (C=O) groups excluding carboxylic acids is 1. The first kappa shape index (κ1) is 16.1. The Morgan fingerprint density at radius 3 is 2.78 bits per heavy atom. The topological polar surface area (TPSA) is 65.0 Å². The van der Waals surface area contributed by atoms with Crippen molar-refractivity contribution in [1.29, 1.82) is 0 Å². The van der Waals surface area contributed by atoms with Gasteiger partial charge in [0.05, 0.1) is 19.8 Å². The summed E-state index contributed by atoms with van der Waals surface area (Å²) in [4.78, 5) is 11.8. The van der Waals surface area contributed by atoms with Crippen LogP contribution in [0.4, 0.5) is 0 Å². The monoisotopic (exact) mass is 320 g/mol. The first-order valence-corrected chi connectivity index (χ1v) is 8.05. The smallest absolute Gasteiger partial charge is 0.338 e. The summed E-state index contributed by atoms with van der Waals surface area (Å²) in [7, 11) is 2.91. The maximum atomic E-state index is 11.8. The largest absolute Gasteiger partial charge is 0.496 e. The standard InChI is InChI=1S/C18H24O5/c1-11-6-5-7-18(20)17(11,2)10-13-14(21-3)8-12(16(19)22-4)9-15(13)23-18/h8-9,11,20H,5-7,10H2,1-4H3/t11-,17+,18?/m0/s1. The predicted octanol–water partition coefficient (Wildman–Crippen LogP) is 2.93. The van der Waals surface area contributed by atoms with E-state index >= 15 is 0 Å². The number of hydrogen-bond donors (Lipinski definition) is 1. The van der Waals surface area contributed by atoms with Crippen molar-refractivity contribution in [3.05, 3.63) is 23.3 Å². The molecule has 0 aromatic heterocycles. The van der Waals surface area contributed by atoms with E-state index in [-0.39, 0.29) is 5.41 Å². The second kappa shape index (κ2) is 5.41. The third kappa shape index (κ3) is 2.29. The van der Waals surface area contributed by atoms with Gasteiger partial charge in [-0.25, -0.2) is 4.79 Å². The van der Waals surface area contributed by atoms with Gasteiger partial charge in [0.15, 0.2) is 0 Å². The number of fused-ring (bicyclic) bond motifs is 2. The maximum Gasteiger partial charge on any atom is 0.338 e. The van der Waals surface area contributed by atoms with Gasteiger partial charge in [-0.3, -0.25) is 0 Å². The number of aliphatic hydroxyl groups is 1. The van der Waals surface area contributed by atoms with Gasteiger partial charge in [0.25, 0.3) is 0 Å². The van der Waals surface area contributed by atoms with Crippen LogP contribution in [-0.4, -0.2) is 31.1 Å². The Morgan fingerprint density at radius 1 is 1.39 bits per heavy atom. The summed E-state index contributed by atoms with van der Waals surface area (Å²) in [5.41, 5.74) is 0.887. The molecule has 0 amide bonds. The summed E-state index contributed by atoms with van der Waals surface area (Å²) in [5, 5.41) is 11.1. The first-order chi connectivity index (χ1) is 10.8. The summed E-state index contributed by atoms with van der Waals surface area (Å²) in [6.45, 7) is 4.24. The van der Waals surface area contributed by atoms with Crippen LogP contribution in [0.15, 0.2) is 12.1 Å². The van der Waals surface area contributed by atoms with Crippen LogP contribution in [-0.2, 0) is 11.2 Å². The lowest BCUT2D eigenvalue weighted by atomic mass is 9.60. The normalized spacial score (nSPS) is 32.3. The average Bonchev–Trinajstić information content (AvgIpc) is 2.53. The van der Waals surface area contributed by atoms with Crippen LogP contribution in [0.5, 0.6) is 11.5 Å². The lowest BCUT2D eigenvalue weighted by Crippen LogP contribution is -2.59. The van der Waals surface area contributed by atoms with Crippen molar-refractivity contribution in [2.45, 2.75) is 45.3 Å². The zero-order valence-corrected chi connectivity index (χ0v) is 14.1. The van der Waals surface area contributed by atoms with Gasteiger partial charge >= 0.3 is 5.97 Å². The third-order valence-electron chi connectivity index (χ3n) is 5.76. The SMILES string of the molecule is COC(=O)c1cc(OC)c2c(c1)OC1(O)CCC[C@H](C)[C@@]1(C)C2. The molecule has 0 saturated heterocycles.